The Bertz CT molecular complexity index is 279. The number of hydrogen-bond acceptors (Lipinski definition) is 3. The number of carboxylic acids is 1. The monoisotopic (exact) mass is 246 g/mol. The molecule has 0 aromatic rings. The van der Waals surface area contributed by atoms with Gasteiger partial charge in [-0.25, -0.2) is 4.79 Å². The first-order valence-corrected chi connectivity index (χ1v) is 5.61. The zero-order chi connectivity index (χ0) is 13.6. The van der Waals surface area contributed by atoms with E-state index < -0.39 is 17.4 Å². The molecule has 3 N–H and O–H groups in total. The van der Waals surface area contributed by atoms with Gasteiger partial charge in [-0.1, -0.05) is 6.92 Å². The van der Waals surface area contributed by atoms with Crippen LogP contribution in [-0.2, 0) is 4.79 Å². The maximum Gasteiger partial charge on any atom is 0.317 e. The van der Waals surface area contributed by atoms with Crippen LogP contribution >= 0.6 is 0 Å². The number of hydrogen-bond donors (Lipinski definition) is 3. The molecule has 0 spiro atoms. The summed E-state index contributed by atoms with van der Waals surface area (Å²) in [7, 11) is 1.56. The van der Waals surface area contributed by atoms with Crippen molar-refractivity contribution in [1.82, 2.24) is 10.2 Å². The van der Waals surface area contributed by atoms with Gasteiger partial charge < -0.3 is 20.4 Å². The Morgan fingerprint density at radius 2 is 1.94 bits per heavy atom. The minimum atomic E-state index is -0.920. The molecule has 0 aliphatic rings. The van der Waals surface area contributed by atoms with Crippen molar-refractivity contribution in [2.24, 2.45) is 5.92 Å². The second-order valence-corrected chi connectivity index (χ2v) is 4.66. The molecule has 6 nitrogen and oxygen atoms in total. The van der Waals surface area contributed by atoms with Crippen molar-refractivity contribution in [2.75, 3.05) is 20.2 Å². The number of nitrogens with one attached hydrogen (secondary N) is 1. The van der Waals surface area contributed by atoms with Crippen LogP contribution in [0.4, 0.5) is 4.79 Å². The Morgan fingerprint density at radius 3 is 2.29 bits per heavy atom. The van der Waals surface area contributed by atoms with Crippen molar-refractivity contribution in [3.05, 3.63) is 0 Å². The number of carbonyl (C=O) groups excluding carboxylic acids is 1. The van der Waals surface area contributed by atoms with E-state index in [0.29, 0.717) is 6.42 Å². The molecular weight excluding hydrogens is 224 g/mol. The highest BCUT2D eigenvalue weighted by atomic mass is 16.4. The minimum Gasteiger partial charge on any atom is -0.481 e. The number of aliphatic carboxylic acids is 1. The third kappa shape index (κ3) is 4.60. The van der Waals surface area contributed by atoms with Gasteiger partial charge in [-0.3, -0.25) is 4.79 Å². The molecule has 100 valence electrons. The number of aliphatic hydroxyl groups is 1. The number of rotatable bonds is 6. The van der Waals surface area contributed by atoms with E-state index in [9.17, 15) is 9.59 Å². The normalized spacial score (nSPS) is 13.0. The van der Waals surface area contributed by atoms with Crippen molar-refractivity contribution in [3.8, 4) is 0 Å². The number of amides is 2. The van der Waals surface area contributed by atoms with Crippen LogP contribution in [0.2, 0.25) is 0 Å². The summed E-state index contributed by atoms with van der Waals surface area (Å²) in [5.41, 5.74) is -0.672. The first-order chi connectivity index (χ1) is 7.76. The van der Waals surface area contributed by atoms with Crippen LogP contribution in [-0.4, -0.2) is 52.9 Å². The first-order valence-electron chi connectivity index (χ1n) is 5.61. The van der Waals surface area contributed by atoms with Crippen molar-refractivity contribution < 1.29 is 19.8 Å². The molecule has 0 heterocycles. The summed E-state index contributed by atoms with van der Waals surface area (Å²) in [5.74, 6) is -1.50. The summed E-state index contributed by atoms with van der Waals surface area (Å²) < 4.78 is 0. The highest BCUT2D eigenvalue weighted by molar-refractivity contribution is 5.76. The Labute approximate surface area is 102 Å². The fourth-order valence-electron chi connectivity index (χ4n) is 1.12. The summed E-state index contributed by atoms with van der Waals surface area (Å²) in [6, 6.07) is -0.385. The molecule has 0 aromatic heterocycles. The van der Waals surface area contributed by atoms with E-state index in [1.54, 1.807) is 27.8 Å². The maximum atomic E-state index is 11.7. The van der Waals surface area contributed by atoms with Gasteiger partial charge in [0.1, 0.15) is 0 Å². The number of carbonyl (C=O) groups is 2. The molecule has 6 heteroatoms. The quantitative estimate of drug-likeness (QED) is 0.637. The molecule has 2 amide bonds. The molecule has 17 heavy (non-hydrogen) atoms. The number of carboxylic acid groups (broad SMARTS) is 1. The van der Waals surface area contributed by atoms with Gasteiger partial charge in [0.25, 0.3) is 0 Å². The third-order valence-corrected chi connectivity index (χ3v) is 2.94. The highest BCUT2D eigenvalue weighted by Gasteiger charge is 2.27. The van der Waals surface area contributed by atoms with Crippen molar-refractivity contribution in [1.29, 1.82) is 0 Å². The first kappa shape index (κ1) is 15.7. The Kier molecular flexibility index (Phi) is 5.95. The molecule has 0 aliphatic heterocycles. The van der Waals surface area contributed by atoms with E-state index in [-0.39, 0.29) is 19.2 Å². The van der Waals surface area contributed by atoms with Crippen molar-refractivity contribution >= 4 is 12.0 Å². The maximum absolute atomic E-state index is 11.7. The summed E-state index contributed by atoms with van der Waals surface area (Å²) in [5, 5.41) is 20.5. The highest BCUT2D eigenvalue weighted by Crippen LogP contribution is 2.11. The van der Waals surface area contributed by atoms with Crippen LogP contribution < -0.4 is 5.32 Å². The van der Waals surface area contributed by atoms with Gasteiger partial charge in [-0.15, -0.1) is 0 Å². The summed E-state index contributed by atoms with van der Waals surface area (Å²) in [6.45, 7) is 5.14. The number of urea groups is 1. The fourth-order valence-corrected chi connectivity index (χ4v) is 1.12. The van der Waals surface area contributed by atoms with Crippen LogP contribution in [0.3, 0.4) is 0 Å². The van der Waals surface area contributed by atoms with Crippen molar-refractivity contribution in [3.63, 3.8) is 0 Å². The molecule has 0 aromatic carbocycles. The van der Waals surface area contributed by atoms with Gasteiger partial charge in [0.15, 0.2) is 0 Å². The van der Waals surface area contributed by atoms with E-state index >= 15 is 0 Å². The zero-order valence-electron chi connectivity index (χ0n) is 10.9. The third-order valence-electron chi connectivity index (χ3n) is 2.94. The minimum absolute atomic E-state index is 0.0938. The number of nitrogens with zero attached hydrogens (tertiary/aromatic N) is 1. The lowest BCUT2D eigenvalue weighted by Crippen LogP contribution is -2.52. The smallest absolute Gasteiger partial charge is 0.317 e. The van der Waals surface area contributed by atoms with Gasteiger partial charge in [-0.05, 0) is 20.3 Å². The predicted octanol–water partition coefficient (Wildman–Crippen LogP) is 0.509. The van der Waals surface area contributed by atoms with Gasteiger partial charge in [0, 0.05) is 13.6 Å². The number of aliphatic hydroxyl groups excluding tert-OH is 1. The molecule has 0 saturated heterocycles. The molecule has 1 atom stereocenters. The van der Waals surface area contributed by atoms with Crippen LogP contribution in [0.5, 0.6) is 0 Å². The van der Waals surface area contributed by atoms with E-state index in [0.717, 1.165) is 0 Å². The topological polar surface area (TPSA) is 89.9 Å². The van der Waals surface area contributed by atoms with Gasteiger partial charge in [0.05, 0.1) is 18.1 Å². The molecule has 0 aliphatic carbocycles. The van der Waals surface area contributed by atoms with E-state index in [1.807, 2.05) is 0 Å². The summed E-state index contributed by atoms with van der Waals surface area (Å²) in [6.07, 6.45) is 0.461. The zero-order valence-corrected chi connectivity index (χ0v) is 10.9. The molecule has 1 unspecified atom stereocenters. The second kappa shape index (κ2) is 6.44. The summed E-state index contributed by atoms with van der Waals surface area (Å²) >= 11 is 0. The lowest BCUT2D eigenvalue weighted by molar-refractivity contribution is -0.141. The predicted molar refractivity (Wildman–Crippen MR) is 63.7 cm³/mol. The Morgan fingerprint density at radius 1 is 1.41 bits per heavy atom. The summed E-state index contributed by atoms with van der Waals surface area (Å²) in [4.78, 5) is 23.8. The molecule has 0 radical (unpaired) electrons. The molecule has 0 bridgehead atoms. The average molecular weight is 246 g/mol. The van der Waals surface area contributed by atoms with Crippen LogP contribution in [0.15, 0.2) is 0 Å². The SMILES string of the molecule is CCC(CNC(=O)N(C)C(C)(C)CO)C(=O)O. The Hall–Kier alpha value is -1.30. The van der Waals surface area contributed by atoms with Crippen LogP contribution in [0.1, 0.15) is 27.2 Å². The molecule has 0 saturated carbocycles. The molecule has 0 fully saturated rings. The van der Waals surface area contributed by atoms with Gasteiger partial charge >= 0.3 is 12.0 Å². The standard InChI is InChI=1S/C11H22N2O4/c1-5-8(9(15)16)6-12-10(17)13(4)11(2,3)7-14/h8,14H,5-7H2,1-4H3,(H,12,17)(H,15,16). The lowest BCUT2D eigenvalue weighted by atomic mass is 10.1. The van der Waals surface area contributed by atoms with E-state index in [2.05, 4.69) is 5.32 Å². The largest absolute Gasteiger partial charge is 0.481 e. The second-order valence-electron chi connectivity index (χ2n) is 4.66. The van der Waals surface area contributed by atoms with Gasteiger partial charge in [0.2, 0.25) is 0 Å². The van der Waals surface area contributed by atoms with Gasteiger partial charge in [-0.2, -0.15) is 0 Å². The van der Waals surface area contributed by atoms with E-state index in [4.69, 9.17) is 10.2 Å². The van der Waals surface area contributed by atoms with Crippen LogP contribution in [0, 0.1) is 5.92 Å². The average Bonchev–Trinajstić information content (AvgIpc) is 2.28. The van der Waals surface area contributed by atoms with E-state index in [1.165, 1.54) is 4.90 Å². The Balaban J connectivity index is 4.32. The van der Waals surface area contributed by atoms with Crippen molar-refractivity contribution in [2.45, 2.75) is 32.7 Å². The molecule has 0 rings (SSSR count). The lowest BCUT2D eigenvalue weighted by Gasteiger charge is -2.34. The van der Waals surface area contributed by atoms with Crippen LogP contribution in [0.25, 0.3) is 0 Å². The fraction of sp³-hybridized carbons (Fsp3) is 0.818. The molecular formula is C11H22N2O4. The number of likely N-dealkylation sites (N-methyl/N-ethyl adjacent to an activating group) is 1.